The number of nitrogens with one attached hydrogen (secondary N) is 1. The summed E-state index contributed by atoms with van der Waals surface area (Å²) in [5.41, 5.74) is 7.50. The highest BCUT2D eigenvalue weighted by Crippen LogP contribution is 2.18. The zero-order valence-electron chi connectivity index (χ0n) is 19.1. The summed E-state index contributed by atoms with van der Waals surface area (Å²) in [5.74, 6) is 0.879. The van der Waals surface area contributed by atoms with Gasteiger partial charge in [-0.25, -0.2) is 9.97 Å². The lowest BCUT2D eigenvalue weighted by Crippen LogP contribution is -2.56. The smallest absolute Gasteiger partial charge is 0.251 e. The molecule has 0 saturated carbocycles. The van der Waals surface area contributed by atoms with E-state index in [4.69, 9.17) is 5.73 Å². The van der Waals surface area contributed by atoms with Gasteiger partial charge in [-0.05, 0) is 30.2 Å². The van der Waals surface area contributed by atoms with E-state index < -0.39 is 6.04 Å². The molecule has 1 fully saturated rings. The summed E-state index contributed by atoms with van der Waals surface area (Å²) in [4.78, 5) is 39.0. The van der Waals surface area contributed by atoms with E-state index in [2.05, 4.69) is 20.2 Å². The molecule has 1 unspecified atom stereocenters. The summed E-state index contributed by atoms with van der Waals surface area (Å²) in [6.45, 7) is 7.07. The molecule has 1 aliphatic rings. The topological polar surface area (TPSA) is 104 Å². The Morgan fingerprint density at radius 2 is 1.64 bits per heavy atom. The van der Waals surface area contributed by atoms with Crippen LogP contribution in [0.15, 0.2) is 54.6 Å². The van der Waals surface area contributed by atoms with Gasteiger partial charge in [0, 0.05) is 37.1 Å². The maximum absolute atomic E-state index is 13.2. The van der Waals surface area contributed by atoms with Gasteiger partial charge in [-0.3, -0.25) is 14.5 Å². The van der Waals surface area contributed by atoms with E-state index in [9.17, 15) is 9.59 Å². The molecule has 0 spiro atoms. The van der Waals surface area contributed by atoms with Crippen molar-refractivity contribution in [2.24, 2.45) is 5.92 Å². The van der Waals surface area contributed by atoms with Crippen LogP contribution in [0.25, 0.3) is 10.9 Å². The van der Waals surface area contributed by atoms with Gasteiger partial charge in [0.25, 0.3) is 5.91 Å². The first-order valence-electron chi connectivity index (χ1n) is 11.3. The minimum atomic E-state index is -0.562. The van der Waals surface area contributed by atoms with Gasteiger partial charge >= 0.3 is 0 Å². The number of para-hydroxylation sites is 1. The number of hydrogen-bond acceptors (Lipinski definition) is 6. The maximum atomic E-state index is 13.2. The number of rotatable bonds is 6. The van der Waals surface area contributed by atoms with Crippen molar-refractivity contribution in [3.05, 3.63) is 66.0 Å². The van der Waals surface area contributed by atoms with Crippen LogP contribution in [0, 0.1) is 5.92 Å². The zero-order chi connectivity index (χ0) is 23.4. The number of nitrogens with two attached hydrogens (primary N) is 1. The molecule has 1 aromatic heterocycles. The van der Waals surface area contributed by atoms with Crippen molar-refractivity contribution in [1.82, 2.24) is 25.1 Å². The number of hydrogen-bond donors (Lipinski definition) is 2. The van der Waals surface area contributed by atoms with Gasteiger partial charge in [0.2, 0.25) is 5.91 Å². The third-order valence-corrected chi connectivity index (χ3v) is 5.98. The lowest BCUT2D eigenvalue weighted by Gasteiger charge is -2.37. The molecule has 8 nitrogen and oxygen atoms in total. The van der Waals surface area contributed by atoms with E-state index in [1.165, 1.54) is 0 Å². The number of amides is 2. The molecule has 2 heterocycles. The minimum absolute atomic E-state index is 0.0165. The average molecular weight is 447 g/mol. The van der Waals surface area contributed by atoms with E-state index in [1.807, 2.05) is 61.2 Å². The van der Waals surface area contributed by atoms with Crippen molar-refractivity contribution in [2.45, 2.75) is 26.4 Å². The van der Waals surface area contributed by atoms with Gasteiger partial charge in [-0.2, -0.15) is 0 Å². The van der Waals surface area contributed by atoms with E-state index in [1.54, 1.807) is 12.1 Å². The number of carbonyl (C=O) groups is 2. The molecule has 4 rings (SSSR count). The fourth-order valence-corrected chi connectivity index (χ4v) is 4.07. The van der Waals surface area contributed by atoms with Crippen LogP contribution in [0.2, 0.25) is 0 Å². The van der Waals surface area contributed by atoms with Crippen LogP contribution in [0.3, 0.4) is 0 Å². The van der Waals surface area contributed by atoms with Crippen LogP contribution in [0.4, 0.5) is 5.82 Å². The molecule has 1 saturated heterocycles. The lowest BCUT2D eigenvalue weighted by atomic mass is 10.0. The van der Waals surface area contributed by atoms with Crippen molar-refractivity contribution in [2.75, 3.05) is 31.9 Å². The number of anilines is 1. The fourth-order valence-electron chi connectivity index (χ4n) is 4.07. The first-order valence-corrected chi connectivity index (χ1v) is 11.3. The second-order valence-corrected chi connectivity index (χ2v) is 8.70. The minimum Gasteiger partial charge on any atom is -0.383 e. The molecular weight excluding hydrogens is 416 g/mol. The normalized spacial score (nSPS) is 15.5. The van der Waals surface area contributed by atoms with Crippen LogP contribution in [0.1, 0.15) is 30.0 Å². The zero-order valence-corrected chi connectivity index (χ0v) is 19.1. The van der Waals surface area contributed by atoms with Gasteiger partial charge < -0.3 is 16.0 Å². The van der Waals surface area contributed by atoms with Crippen molar-refractivity contribution < 1.29 is 9.59 Å². The molecule has 33 heavy (non-hydrogen) atoms. The average Bonchev–Trinajstić information content (AvgIpc) is 2.83. The van der Waals surface area contributed by atoms with E-state index in [-0.39, 0.29) is 17.7 Å². The van der Waals surface area contributed by atoms with Gasteiger partial charge in [0.15, 0.2) is 0 Å². The first kappa shape index (κ1) is 22.7. The summed E-state index contributed by atoms with van der Waals surface area (Å²) < 4.78 is 0. The SMILES string of the molecule is CC(C)C(NC(=O)c1ccccc1)C(=O)N1CCN(Cc2nc(N)c3ccccc3n2)CC1. The standard InChI is InChI=1S/C25H30N6O2/c1-17(2)22(29-24(32)18-8-4-3-5-9-18)25(33)31-14-12-30(13-15-31)16-21-27-20-11-7-6-10-19(20)23(26)28-21/h3-11,17,22H,12-16H2,1-2H3,(H,29,32)(H2,26,27,28). The number of nitrogen functional groups attached to an aromatic ring is 1. The summed E-state index contributed by atoms with van der Waals surface area (Å²) in [7, 11) is 0. The Labute approximate surface area is 193 Å². The molecule has 3 aromatic rings. The Kier molecular flexibility index (Phi) is 6.84. The van der Waals surface area contributed by atoms with Crippen LogP contribution >= 0.6 is 0 Å². The molecule has 0 bridgehead atoms. The third kappa shape index (κ3) is 5.28. The molecule has 1 aliphatic heterocycles. The summed E-state index contributed by atoms with van der Waals surface area (Å²) in [6, 6.07) is 16.1. The van der Waals surface area contributed by atoms with Gasteiger partial charge in [-0.15, -0.1) is 0 Å². The van der Waals surface area contributed by atoms with E-state index in [0.29, 0.717) is 49.9 Å². The van der Waals surface area contributed by atoms with Gasteiger partial charge in [0.05, 0.1) is 12.1 Å². The first-order chi connectivity index (χ1) is 15.9. The highest BCUT2D eigenvalue weighted by atomic mass is 16.2. The van der Waals surface area contributed by atoms with Crippen LogP contribution in [0.5, 0.6) is 0 Å². The Hall–Kier alpha value is -3.52. The molecule has 3 N–H and O–H groups in total. The van der Waals surface area contributed by atoms with Crippen molar-refractivity contribution >= 4 is 28.5 Å². The third-order valence-electron chi connectivity index (χ3n) is 5.98. The summed E-state index contributed by atoms with van der Waals surface area (Å²) in [6.07, 6.45) is 0. The molecule has 8 heteroatoms. The highest BCUT2D eigenvalue weighted by Gasteiger charge is 2.31. The second-order valence-electron chi connectivity index (χ2n) is 8.70. The molecule has 2 amide bonds. The van der Waals surface area contributed by atoms with E-state index >= 15 is 0 Å². The number of fused-ring (bicyclic) bond motifs is 1. The fraction of sp³-hybridized carbons (Fsp3) is 0.360. The molecule has 0 radical (unpaired) electrons. The largest absolute Gasteiger partial charge is 0.383 e. The Morgan fingerprint density at radius 1 is 0.970 bits per heavy atom. The number of carbonyl (C=O) groups excluding carboxylic acids is 2. The molecule has 2 aromatic carbocycles. The predicted molar refractivity (Wildman–Crippen MR) is 128 cm³/mol. The lowest BCUT2D eigenvalue weighted by molar-refractivity contribution is -0.136. The second kappa shape index (κ2) is 9.95. The number of benzene rings is 2. The number of piperazine rings is 1. The quantitative estimate of drug-likeness (QED) is 0.602. The summed E-state index contributed by atoms with van der Waals surface area (Å²) in [5, 5.41) is 3.78. The van der Waals surface area contributed by atoms with Crippen molar-refractivity contribution in [1.29, 1.82) is 0 Å². The van der Waals surface area contributed by atoms with Crippen LogP contribution in [-0.2, 0) is 11.3 Å². The van der Waals surface area contributed by atoms with Gasteiger partial charge in [0.1, 0.15) is 17.7 Å². The Morgan fingerprint density at radius 3 is 2.33 bits per heavy atom. The van der Waals surface area contributed by atoms with E-state index in [0.717, 1.165) is 10.9 Å². The monoisotopic (exact) mass is 446 g/mol. The van der Waals surface area contributed by atoms with Crippen molar-refractivity contribution in [3.8, 4) is 0 Å². The Balaban J connectivity index is 1.36. The summed E-state index contributed by atoms with van der Waals surface area (Å²) >= 11 is 0. The maximum Gasteiger partial charge on any atom is 0.251 e. The molecule has 0 aliphatic carbocycles. The number of nitrogens with zero attached hydrogens (tertiary/aromatic N) is 4. The van der Waals surface area contributed by atoms with Crippen LogP contribution < -0.4 is 11.1 Å². The molecule has 172 valence electrons. The van der Waals surface area contributed by atoms with Crippen molar-refractivity contribution in [3.63, 3.8) is 0 Å². The van der Waals surface area contributed by atoms with Crippen LogP contribution in [-0.4, -0.2) is 63.8 Å². The molecule has 1 atom stereocenters. The Bertz CT molecular complexity index is 1130. The number of aromatic nitrogens is 2. The van der Waals surface area contributed by atoms with Gasteiger partial charge in [-0.1, -0.05) is 44.2 Å². The highest BCUT2D eigenvalue weighted by molar-refractivity contribution is 5.97. The molecular formula is C25H30N6O2. The predicted octanol–water partition coefficient (Wildman–Crippen LogP) is 2.31.